The molecule has 1 aliphatic heterocycles. The monoisotopic (exact) mass is 279 g/mol. The van der Waals surface area contributed by atoms with Gasteiger partial charge in [-0.2, -0.15) is 12.3 Å². The molecule has 0 aromatic carbocycles. The largest absolute Gasteiger partial charge is 1.00 e. The first-order valence-electron chi connectivity index (χ1n) is 6.14. The van der Waals surface area contributed by atoms with Crippen LogP contribution in [0.4, 0.5) is 0 Å². The third-order valence-corrected chi connectivity index (χ3v) is 4.62. The van der Waals surface area contributed by atoms with Crippen LogP contribution in [-0.2, 0) is 0 Å². The molecule has 0 bridgehead atoms. The SMILES string of the molecule is C[C-]1CN(C)CCC12CCC(C)CC2.[Rb+]. The van der Waals surface area contributed by atoms with Crippen LogP contribution in [0.3, 0.4) is 0 Å². The molecule has 1 nitrogen and oxygen atoms in total. The molecule has 2 rings (SSSR count). The molecule has 1 saturated carbocycles. The van der Waals surface area contributed by atoms with Crippen LogP contribution in [0.2, 0.25) is 0 Å². The third kappa shape index (κ3) is 3.37. The molecule has 0 unspecified atom stereocenters. The fraction of sp³-hybridized carbons (Fsp3) is 0.923. The van der Waals surface area contributed by atoms with Crippen LogP contribution in [0.25, 0.3) is 0 Å². The molecule has 2 fully saturated rings. The Bertz CT molecular complexity index is 188. The summed E-state index contributed by atoms with van der Waals surface area (Å²) in [4.78, 5) is 2.47. The van der Waals surface area contributed by atoms with E-state index >= 15 is 0 Å². The van der Waals surface area contributed by atoms with Crippen LogP contribution >= 0.6 is 0 Å². The van der Waals surface area contributed by atoms with E-state index in [4.69, 9.17) is 0 Å². The Kier molecular flexibility index (Phi) is 6.01. The van der Waals surface area contributed by atoms with Gasteiger partial charge in [0.25, 0.3) is 0 Å². The van der Waals surface area contributed by atoms with Gasteiger partial charge in [0.05, 0.1) is 0 Å². The summed E-state index contributed by atoms with van der Waals surface area (Å²) in [6, 6.07) is 0. The summed E-state index contributed by atoms with van der Waals surface area (Å²) >= 11 is 0. The number of nitrogens with zero attached hydrogens (tertiary/aromatic N) is 1. The molecule has 82 valence electrons. The van der Waals surface area contributed by atoms with Crippen molar-refractivity contribution in [3.8, 4) is 0 Å². The average molecular weight is 280 g/mol. The zero-order valence-electron chi connectivity index (χ0n) is 11.0. The summed E-state index contributed by atoms with van der Waals surface area (Å²) in [5.41, 5.74) is 0.652. The Morgan fingerprint density at radius 2 is 1.80 bits per heavy atom. The van der Waals surface area contributed by atoms with Gasteiger partial charge in [-0.05, 0) is 19.5 Å². The van der Waals surface area contributed by atoms with Crippen LogP contribution in [0, 0.1) is 17.3 Å². The summed E-state index contributed by atoms with van der Waals surface area (Å²) in [5, 5.41) is 0. The van der Waals surface area contributed by atoms with Crippen molar-refractivity contribution >= 4 is 0 Å². The van der Waals surface area contributed by atoms with Crippen molar-refractivity contribution in [2.24, 2.45) is 11.3 Å². The Balaban J connectivity index is 0.00000112. The van der Waals surface area contributed by atoms with Crippen molar-refractivity contribution in [2.45, 2.75) is 46.0 Å². The van der Waals surface area contributed by atoms with Gasteiger partial charge in [0, 0.05) is 0 Å². The molecule has 2 aliphatic rings. The Hall–Kier alpha value is 1.77. The van der Waals surface area contributed by atoms with Crippen LogP contribution in [-0.4, -0.2) is 25.0 Å². The minimum absolute atomic E-state index is 0. The summed E-state index contributed by atoms with van der Waals surface area (Å²) in [7, 11) is 2.25. The Morgan fingerprint density at radius 3 is 2.33 bits per heavy atom. The van der Waals surface area contributed by atoms with Gasteiger partial charge in [-0.1, -0.05) is 39.0 Å². The van der Waals surface area contributed by atoms with Crippen LogP contribution in [0.1, 0.15) is 46.0 Å². The van der Waals surface area contributed by atoms with Gasteiger partial charge in [-0.15, -0.1) is 6.54 Å². The van der Waals surface area contributed by atoms with E-state index in [2.05, 4.69) is 25.8 Å². The van der Waals surface area contributed by atoms with Gasteiger partial charge in [0.2, 0.25) is 0 Å². The molecular formula is C13H24NRb. The summed E-state index contributed by atoms with van der Waals surface area (Å²) < 4.78 is 0. The summed E-state index contributed by atoms with van der Waals surface area (Å²) in [6.45, 7) is 7.36. The summed E-state index contributed by atoms with van der Waals surface area (Å²) in [6.07, 6.45) is 7.27. The fourth-order valence-electron chi connectivity index (χ4n) is 3.26. The Morgan fingerprint density at radius 1 is 1.20 bits per heavy atom. The molecule has 1 heterocycles. The number of rotatable bonds is 0. The predicted molar refractivity (Wildman–Crippen MR) is 61.1 cm³/mol. The standard InChI is InChI=1S/C13H24N.Rb/c1-11-4-6-13(7-5-11)8-9-14(3)10-12(13)2;/h11H,4-10H2,1-3H3;/q-1;+1. The van der Waals surface area contributed by atoms with Crippen molar-refractivity contribution in [2.75, 3.05) is 20.1 Å². The minimum Gasteiger partial charge on any atom is -0.336 e. The van der Waals surface area contributed by atoms with Crippen LogP contribution < -0.4 is 58.2 Å². The first-order chi connectivity index (χ1) is 6.62. The first-order valence-corrected chi connectivity index (χ1v) is 6.14. The second-order valence-corrected chi connectivity index (χ2v) is 5.73. The molecule has 0 atom stereocenters. The molecular weight excluding hydrogens is 256 g/mol. The number of likely N-dealkylation sites (tertiary alicyclic amines) is 1. The molecule has 0 radical (unpaired) electrons. The van der Waals surface area contributed by atoms with E-state index < -0.39 is 0 Å². The van der Waals surface area contributed by atoms with Crippen molar-refractivity contribution < 1.29 is 58.2 Å². The molecule has 0 aromatic heterocycles. The zero-order chi connectivity index (χ0) is 10.2. The van der Waals surface area contributed by atoms with E-state index in [9.17, 15) is 0 Å². The van der Waals surface area contributed by atoms with Crippen LogP contribution in [0.5, 0.6) is 0 Å². The minimum atomic E-state index is 0. The maximum Gasteiger partial charge on any atom is 1.00 e. The van der Waals surface area contributed by atoms with E-state index in [0.717, 1.165) is 5.92 Å². The van der Waals surface area contributed by atoms with Gasteiger partial charge < -0.3 is 4.90 Å². The van der Waals surface area contributed by atoms with E-state index in [0.29, 0.717) is 5.41 Å². The van der Waals surface area contributed by atoms with Gasteiger partial charge in [0.15, 0.2) is 0 Å². The smallest absolute Gasteiger partial charge is 0.336 e. The van der Waals surface area contributed by atoms with E-state index in [1.54, 1.807) is 5.92 Å². The van der Waals surface area contributed by atoms with Gasteiger partial charge in [-0.3, -0.25) is 5.92 Å². The van der Waals surface area contributed by atoms with Crippen LogP contribution in [0.15, 0.2) is 0 Å². The van der Waals surface area contributed by atoms with E-state index in [1.807, 2.05) is 0 Å². The zero-order valence-corrected chi connectivity index (χ0v) is 15.9. The number of hydrogen-bond acceptors (Lipinski definition) is 1. The maximum absolute atomic E-state index is 2.47. The number of hydrogen-bond donors (Lipinski definition) is 0. The van der Waals surface area contributed by atoms with Gasteiger partial charge >= 0.3 is 58.2 Å². The van der Waals surface area contributed by atoms with Gasteiger partial charge in [0.1, 0.15) is 0 Å². The normalized spacial score (nSPS) is 39.0. The van der Waals surface area contributed by atoms with Crippen molar-refractivity contribution in [3.05, 3.63) is 5.92 Å². The predicted octanol–water partition coefficient (Wildman–Crippen LogP) is 0.117. The second-order valence-electron chi connectivity index (χ2n) is 5.73. The molecule has 0 aromatic rings. The van der Waals surface area contributed by atoms with E-state index in [-0.39, 0.29) is 58.2 Å². The molecule has 15 heavy (non-hydrogen) atoms. The third-order valence-electron chi connectivity index (χ3n) is 4.62. The molecule has 0 amide bonds. The number of piperidine rings is 1. The van der Waals surface area contributed by atoms with Crippen molar-refractivity contribution in [1.29, 1.82) is 0 Å². The van der Waals surface area contributed by atoms with Crippen molar-refractivity contribution in [3.63, 3.8) is 0 Å². The maximum atomic E-state index is 2.47. The Labute approximate surface area is 144 Å². The quantitative estimate of drug-likeness (QED) is 0.570. The van der Waals surface area contributed by atoms with E-state index in [1.165, 1.54) is 45.2 Å². The molecule has 1 aliphatic carbocycles. The molecule has 2 heteroatoms. The molecule has 0 N–H and O–H groups in total. The first kappa shape index (κ1) is 14.8. The average Bonchev–Trinajstić information content (AvgIpc) is 2.16. The van der Waals surface area contributed by atoms with Gasteiger partial charge in [-0.25, -0.2) is 0 Å². The molecule has 1 saturated heterocycles. The summed E-state index contributed by atoms with van der Waals surface area (Å²) in [5.74, 6) is 2.74. The fourth-order valence-corrected chi connectivity index (χ4v) is 3.26. The topological polar surface area (TPSA) is 3.24 Å². The second kappa shape index (κ2) is 6.09. The molecule has 1 spiro atoms. The van der Waals surface area contributed by atoms with Crippen molar-refractivity contribution in [1.82, 2.24) is 4.90 Å².